The molecule has 1 aliphatic heterocycles. The third kappa shape index (κ3) is 5.05. The highest BCUT2D eigenvalue weighted by Crippen LogP contribution is 2.14. The highest BCUT2D eigenvalue weighted by atomic mass is 32.1. The maximum Gasteiger partial charge on any atom is 0.253 e. The molecule has 1 aliphatic rings. The van der Waals surface area contributed by atoms with Crippen LogP contribution in [0.4, 0.5) is 5.69 Å². The molecule has 2 aromatic carbocycles. The van der Waals surface area contributed by atoms with Gasteiger partial charge in [0.15, 0.2) is 5.11 Å². The number of carbonyl (C=O) groups is 1. The van der Waals surface area contributed by atoms with Crippen molar-refractivity contribution in [1.29, 1.82) is 0 Å². The number of hydrogen-bond acceptors (Lipinski definition) is 2. The summed E-state index contributed by atoms with van der Waals surface area (Å²) in [6.07, 6.45) is 3.43. The van der Waals surface area contributed by atoms with Crippen molar-refractivity contribution in [2.24, 2.45) is 0 Å². The van der Waals surface area contributed by atoms with E-state index < -0.39 is 0 Å². The van der Waals surface area contributed by atoms with E-state index in [2.05, 4.69) is 10.6 Å². The standard InChI is InChI=1S/C21H25N3OS/c1-16-7-5-10-19(13-16)23-21(26)22-15-17-8-6-9-18(14-17)20(25)24-11-3-2-4-12-24/h5-10,13-14H,2-4,11-12,15H2,1H3,(H2,22,23,26). The van der Waals surface area contributed by atoms with Crippen LogP contribution in [0.25, 0.3) is 0 Å². The fourth-order valence-electron chi connectivity index (χ4n) is 3.17. The molecule has 1 fully saturated rings. The number of thiocarbonyl (C=S) groups is 1. The fourth-order valence-corrected chi connectivity index (χ4v) is 3.36. The summed E-state index contributed by atoms with van der Waals surface area (Å²) in [6.45, 7) is 4.36. The molecule has 4 nitrogen and oxygen atoms in total. The van der Waals surface area contributed by atoms with E-state index in [4.69, 9.17) is 12.2 Å². The Labute approximate surface area is 160 Å². The molecule has 0 atom stereocenters. The van der Waals surface area contributed by atoms with Crippen LogP contribution >= 0.6 is 12.2 Å². The average molecular weight is 368 g/mol. The summed E-state index contributed by atoms with van der Waals surface area (Å²) < 4.78 is 0. The molecule has 2 aromatic rings. The van der Waals surface area contributed by atoms with Crippen molar-refractivity contribution < 1.29 is 4.79 Å². The molecule has 0 bridgehead atoms. The first-order chi connectivity index (χ1) is 12.6. The second kappa shape index (κ2) is 8.81. The summed E-state index contributed by atoms with van der Waals surface area (Å²) in [5.41, 5.74) is 3.95. The lowest BCUT2D eigenvalue weighted by atomic mass is 10.1. The Kier molecular flexibility index (Phi) is 6.23. The average Bonchev–Trinajstić information content (AvgIpc) is 2.67. The predicted molar refractivity (Wildman–Crippen MR) is 110 cm³/mol. The van der Waals surface area contributed by atoms with Crippen LogP contribution in [-0.2, 0) is 6.54 Å². The van der Waals surface area contributed by atoms with E-state index in [1.807, 2.05) is 60.4 Å². The zero-order valence-electron chi connectivity index (χ0n) is 15.1. The summed E-state index contributed by atoms with van der Waals surface area (Å²) in [4.78, 5) is 14.6. The lowest BCUT2D eigenvalue weighted by Crippen LogP contribution is -2.35. The monoisotopic (exact) mass is 367 g/mol. The summed E-state index contributed by atoms with van der Waals surface area (Å²) in [6, 6.07) is 15.9. The molecule has 2 N–H and O–H groups in total. The van der Waals surface area contributed by atoms with E-state index in [-0.39, 0.29) is 5.91 Å². The normalized spacial score (nSPS) is 14.0. The van der Waals surface area contributed by atoms with E-state index in [1.165, 1.54) is 12.0 Å². The zero-order valence-corrected chi connectivity index (χ0v) is 15.9. The number of benzene rings is 2. The largest absolute Gasteiger partial charge is 0.358 e. The van der Waals surface area contributed by atoms with Crippen LogP contribution < -0.4 is 10.6 Å². The van der Waals surface area contributed by atoms with Crippen molar-refractivity contribution in [2.45, 2.75) is 32.7 Å². The van der Waals surface area contributed by atoms with Gasteiger partial charge in [-0.05, 0) is 73.8 Å². The van der Waals surface area contributed by atoms with Gasteiger partial charge in [-0.15, -0.1) is 0 Å². The molecule has 1 heterocycles. The maximum atomic E-state index is 12.6. The van der Waals surface area contributed by atoms with Crippen LogP contribution in [0.2, 0.25) is 0 Å². The van der Waals surface area contributed by atoms with Crippen molar-refractivity contribution in [3.8, 4) is 0 Å². The Morgan fingerprint density at radius 3 is 2.62 bits per heavy atom. The summed E-state index contributed by atoms with van der Waals surface area (Å²) in [5, 5.41) is 6.97. The number of hydrogen-bond donors (Lipinski definition) is 2. The van der Waals surface area contributed by atoms with Crippen LogP contribution in [0.3, 0.4) is 0 Å². The number of piperidine rings is 1. The molecule has 5 heteroatoms. The van der Waals surface area contributed by atoms with Gasteiger partial charge in [0.1, 0.15) is 0 Å². The summed E-state index contributed by atoms with van der Waals surface area (Å²) >= 11 is 5.37. The molecular formula is C21H25N3OS. The minimum atomic E-state index is 0.131. The fraction of sp³-hybridized carbons (Fsp3) is 0.333. The van der Waals surface area contributed by atoms with Gasteiger partial charge in [-0.3, -0.25) is 4.79 Å². The molecule has 0 saturated carbocycles. The topological polar surface area (TPSA) is 44.4 Å². The highest BCUT2D eigenvalue weighted by molar-refractivity contribution is 7.80. The molecule has 3 rings (SSSR count). The van der Waals surface area contributed by atoms with Gasteiger partial charge in [-0.2, -0.15) is 0 Å². The van der Waals surface area contributed by atoms with Gasteiger partial charge in [0.05, 0.1) is 0 Å². The zero-order chi connectivity index (χ0) is 18.4. The number of nitrogens with zero attached hydrogens (tertiary/aromatic N) is 1. The minimum Gasteiger partial charge on any atom is -0.358 e. The van der Waals surface area contributed by atoms with Gasteiger partial charge >= 0.3 is 0 Å². The van der Waals surface area contributed by atoms with Crippen molar-refractivity contribution in [3.63, 3.8) is 0 Å². The number of aryl methyl sites for hydroxylation is 1. The van der Waals surface area contributed by atoms with E-state index in [0.29, 0.717) is 11.7 Å². The Morgan fingerprint density at radius 1 is 1.08 bits per heavy atom. The Balaban J connectivity index is 1.56. The van der Waals surface area contributed by atoms with Crippen molar-refractivity contribution in [3.05, 3.63) is 65.2 Å². The van der Waals surface area contributed by atoms with E-state index in [1.54, 1.807) is 0 Å². The van der Waals surface area contributed by atoms with Crippen molar-refractivity contribution in [1.82, 2.24) is 10.2 Å². The Bertz CT molecular complexity index is 784. The van der Waals surface area contributed by atoms with Crippen LogP contribution in [-0.4, -0.2) is 29.0 Å². The predicted octanol–water partition coefficient (Wildman–Crippen LogP) is 4.11. The maximum absolute atomic E-state index is 12.6. The number of amides is 1. The second-order valence-corrected chi connectivity index (χ2v) is 7.14. The van der Waals surface area contributed by atoms with Crippen LogP contribution in [0, 0.1) is 6.92 Å². The minimum absolute atomic E-state index is 0.131. The third-order valence-corrected chi connectivity index (χ3v) is 4.79. The quantitative estimate of drug-likeness (QED) is 0.799. The van der Waals surface area contributed by atoms with Crippen LogP contribution in [0.1, 0.15) is 40.7 Å². The molecule has 0 radical (unpaired) electrons. The lowest BCUT2D eigenvalue weighted by molar-refractivity contribution is 0.0724. The number of rotatable bonds is 4. The van der Waals surface area contributed by atoms with Gasteiger partial charge in [0, 0.05) is 30.9 Å². The molecule has 136 valence electrons. The molecule has 26 heavy (non-hydrogen) atoms. The Hall–Kier alpha value is -2.40. The third-order valence-electron chi connectivity index (χ3n) is 4.55. The van der Waals surface area contributed by atoms with E-state index in [0.717, 1.165) is 42.7 Å². The van der Waals surface area contributed by atoms with Gasteiger partial charge in [-0.25, -0.2) is 0 Å². The molecule has 0 aromatic heterocycles. The van der Waals surface area contributed by atoms with Crippen molar-refractivity contribution >= 4 is 28.9 Å². The molecule has 1 saturated heterocycles. The SMILES string of the molecule is Cc1cccc(NC(=S)NCc2cccc(C(=O)N3CCCCC3)c2)c1. The summed E-state index contributed by atoms with van der Waals surface area (Å²) in [7, 11) is 0. The molecule has 0 spiro atoms. The van der Waals surface area contributed by atoms with E-state index in [9.17, 15) is 4.79 Å². The highest BCUT2D eigenvalue weighted by Gasteiger charge is 2.18. The van der Waals surface area contributed by atoms with Crippen LogP contribution in [0.5, 0.6) is 0 Å². The Morgan fingerprint density at radius 2 is 1.85 bits per heavy atom. The summed E-state index contributed by atoms with van der Waals surface area (Å²) in [5.74, 6) is 0.131. The second-order valence-electron chi connectivity index (χ2n) is 6.73. The molecule has 0 aliphatic carbocycles. The molecular weight excluding hydrogens is 342 g/mol. The van der Waals surface area contributed by atoms with Crippen molar-refractivity contribution in [2.75, 3.05) is 18.4 Å². The van der Waals surface area contributed by atoms with Gasteiger partial charge < -0.3 is 15.5 Å². The van der Waals surface area contributed by atoms with Gasteiger partial charge in [0.2, 0.25) is 0 Å². The first-order valence-corrected chi connectivity index (χ1v) is 9.52. The lowest BCUT2D eigenvalue weighted by Gasteiger charge is -2.26. The smallest absolute Gasteiger partial charge is 0.253 e. The van der Waals surface area contributed by atoms with Gasteiger partial charge in [0.25, 0.3) is 5.91 Å². The first kappa shape index (κ1) is 18.4. The van der Waals surface area contributed by atoms with Crippen LogP contribution in [0.15, 0.2) is 48.5 Å². The van der Waals surface area contributed by atoms with E-state index >= 15 is 0 Å². The molecule has 1 amide bonds. The number of nitrogens with one attached hydrogen (secondary N) is 2. The number of anilines is 1. The number of likely N-dealkylation sites (tertiary alicyclic amines) is 1. The number of carbonyl (C=O) groups excluding carboxylic acids is 1. The molecule has 0 unspecified atom stereocenters. The van der Waals surface area contributed by atoms with Gasteiger partial charge in [-0.1, -0.05) is 24.3 Å². The first-order valence-electron chi connectivity index (χ1n) is 9.11.